The van der Waals surface area contributed by atoms with Gasteiger partial charge in [-0.2, -0.15) is 0 Å². The van der Waals surface area contributed by atoms with Gasteiger partial charge in [0.05, 0.1) is 22.3 Å². The Morgan fingerprint density at radius 2 is 1.79 bits per heavy atom. The summed E-state index contributed by atoms with van der Waals surface area (Å²) >= 11 is 12.4. The second-order valence-electron chi connectivity index (χ2n) is 3.96. The van der Waals surface area contributed by atoms with E-state index in [1.165, 1.54) is 0 Å². The normalized spacial score (nSPS) is 12.7. The smallest absolute Gasteiger partial charge is 0.196 e. The van der Waals surface area contributed by atoms with Crippen LogP contribution in [0.5, 0.6) is 0 Å². The van der Waals surface area contributed by atoms with Crippen LogP contribution < -0.4 is 15.5 Å². The number of hydrogen-bond acceptors (Lipinski definition) is 4. The third-order valence-corrected chi connectivity index (χ3v) is 3.06. The summed E-state index contributed by atoms with van der Waals surface area (Å²) in [6.07, 6.45) is 0. The lowest BCUT2D eigenvalue weighted by Crippen LogP contribution is -2.26. The Hall–Kier alpha value is -0.550. The molecule has 0 spiro atoms. The molecule has 1 aromatic rings. The lowest BCUT2D eigenvalue weighted by Gasteiger charge is -2.16. The Balaban J connectivity index is 0.00000162. The highest BCUT2D eigenvalue weighted by Crippen LogP contribution is 2.34. The number of rotatable bonds is 2. The molecule has 0 fully saturated rings. The van der Waals surface area contributed by atoms with Gasteiger partial charge in [-0.3, -0.25) is 4.99 Å². The molecule has 1 aliphatic rings. The minimum Gasteiger partial charge on any atom is -0.378 e. The van der Waals surface area contributed by atoms with Gasteiger partial charge in [0, 0.05) is 26.3 Å². The van der Waals surface area contributed by atoms with Crippen LogP contribution in [0.3, 0.4) is 0 Å². The summed E-state index contributed by atoms with van der Waals surface area (Å²) in [5, 5.41) is 7.37. The highest BCUT2D eigenvalue weighted by Gasteiger charge is 2.12. The van der Waals surface area contributed by atoms with Crippen LogP contribution in [-0.4, -0.2) is 33.1 Å². The second-order valence-corrected chi connectivity index (χ2v) is 4.78. The van der Waals surface area contributed by atoms with Crippen molar-refractivity contribution in [1.29, 1.82) is 0 Å². The van der Waals surface area contributed by atoms with Crippen molar-refractivity contribution < 1.29 is 0 Å². The molecular weight excluding hydrogens is 330 g/mol. The quantitative estimate of drug-likeness (QED) is 0.864. The number of aliphatic imine (C=N–C) groups is 1. The molecule has 0 amide bonds. The van der Waals surface area contributed by atoms with E-state index in [0.717, 1.165) is 18.8 Å². The highest BCUT2D eigenvalue weighted by atomic mass is 35.5. The molecule has 0 atom stereocenters. The molecule has 0 aromatic heterocycles. The number of nitrogens with zero attached hydrogens (tertiary/aromatic N) is 2. The van der Waals surface area contributed by atoms with Crippen molar-refractivity contribution in [3.05, 3.63) is 22.2 Å². The van der Waals surface area contributed by atoms with E-state index in [1.54, 1.807) is 0 Å². The second kappa shape index (κ2) is 7.90. The summed E-state index contributed by atoms with van der Waals surface area (Å²) < 4.78 is 0. The first-order valence-electron chi connectivity index (χ1n) is 5.29. The van der Waals surface area contributed by atoms with Crippen LogP contribution >= 0.6 is 48.0 Å². The van der Waals surface area contributed by atoms with E-state index in [9.17, 15) is 0 Å². The molecule has 19 heavy (non-hydrogen) atoms. The van der Waals surface area contributed by atoms with Crippen molar-refractivity contribution in [3.63, 3.8) is 0 Å². The van der Waals surface area contributed by atoms with Crippen LogP contribution in [0.4, 0.5) is 11.4 Å². The summed E-state index contributed by atoms with van der Waals surface area (Å²) in [7, 11) is 3.88. The van der Waals surface area contributed by atoms with E-state index in [4.69, 9.17) is 23.2 Å². The Labute approximate surface area is 135 Å². The molecule has 0 saturated heterocycles. The summed E-state index contributed by atoms with van der Waals surface area (Å²) in [6, 6.07) is 3.73. The molecule has 0 saturated carbocycles. The van der Waals surface area contributed by atoms with Crippen LogP contribution in [0.2, 0.25) is 10.0 Å². The van der Waals surface area contributed by atoms with Crippen molar-refractivity contribution in [1.82, 2.24) is 5.32 Å². The van der Waals surface area contributed by atoms with Crippen molar-refractivity contribution in [2.45, 2.75) is 0 Å². The fourth-order valence-electron chi connectivity index (χ4n) is 1.54. The first-order valence-corrected chi connectivity index (χ1v) is 6.05. The third-order valence-electron chi connectivity index (χ3n) is 2.46. The van der Waals surface area contributed by atoms with Gasteiger partial charge in [0.25, 0.3) is 0 Å². The lowest BCUT2D eigenvalue weighted by molar-refractivity contribution is 0.959. The van der Waals surface area contributed by atoms with E-state index < -0.39 is 0 Å². The van der Waals surface area contributed by atoms with Gasteiger partial charge in [0.1, 0.15) is 0 Å². The van der Waals surface area contributed by atoms with Gasteiger partial charge in [-0.1, -0.05) is 23.2 Å². The van der Waals surface area contributed by atoms with Gasteiger partial charge in [0.2, 0.25) is 0 Å². The minimum absolute atomic E-state index is 0. The number of guanidine groups is 1. The van der Waals surface area contributed by atoms with Gasteiger partial charge in [-0.05, 0) is 12.1 Å². The first kappa shape index (κ1) is 18.4. The Morgan fingerprint density at radius 3 is 2.21 bits per heavy atom. The zero-order valence-electron chi connectivity index (χ0n) is 10.5. The third kappa shape index (κ3) is 4.49. The predicted octanol–water partition coefficient (Wildman–Crippen LogP) is 3.27. The van der Waals surface area contributed by atoms with Crippen LogP contribution in [0, 0.1) is 0 Å². The number of nitrogens with one attached hydrogen (secondary N) is 2. The van der Waals surface area contributed by atoms with Crippen molar-refractivity contribution >= 4 is 65.4 Å². The average molecular weight is 346 g/mol. The molecule has 0 radical (unpaired) electrons. The molecule has 1 aliphatic heterocycles. The standard InChI is InChI=1S/C11H14Cl2N4.2ClH/c1-17(2)7-5-8(12)10(9(13)6-7)16-11-14-3-4-15-11;;/h5-6H,3-4H2,1-2H3,(H2,14,15,16);2*1H. The molecule has 0 aliphatic carbocycles. The fraction of sp³-hybridized carbons (Fsp3) is 0.364. The topological polar surface area (TPSA) is 39.7 Å². The summed E-state index contributed by atoms with van der Waals surface area (Å²) in [6.45, 7) is 1.61. The molecule has 108 valence electrons. The summed E-state index contributed by atoms with van der Waals surface area (Å²) in [5.41, 5.74) is 1.65. The van der Waals surface area contributed by atoms with Crippen molar-refractivity contribution in [3.8, 4) is 0 Å². The summed E-state index contributed by atoms with van der Waals surface area (Å²) in [4.78, 5) is 6.19. The molecule has 0 bridgehead atoms. The van der Waals surface area contributed by atoms with Crippen molar-refractivity contribution in [2.24, 2.45) is 4.99 Å². The van der Waals surface area contributed by atoms with Crippen LogP contribution in [0.15, 0.2) is 17.1 Å². The van der Waals surface area contributed by atoms with E-state index in [0.29, 0.717) is 21.7 Å². The average Bonchev–Trinajstić information content (AvgIpc) is 2.75. The molecule has 4 nitrogen and oxygen atoms in total. The Bertz CT molecular complexity index is 439. The number of anilines is 2. The van der Waals surface area contributed by atoms with Crippen LogP contribution in [-0.2, 0) is 0 Å². The largest absolute Gasteiger partial charge is 0.378 e. The van der Waals surface area contributed by atoms with Gasteiger partial charge in [-0.15, -0.1) is 24.8 Å². The Kier molecular flexibility index (Phi) is 7.67. The summed E-state index contributed by atoms with van der Waals surface area (Å²) in [5.74, 6) is 0.714. The highest BCUT2D eigenvalue weighted by molar-refractivity contribution is 6.40. The zero-order chi connectivity index (χ0) is 12.4. The molecular formula is C11H16Cl4N4. The van der Waals surface area contributed by atoms with Gasteiger partial charge < -0.3 is 15.5 Å². The predicted molar refractivity (Wildman–Crippen MR) is 89.2 cm³/mol. The molecule has 1 aromatic carbocycles. The van der Waals surface area contributed by atoms with Gasteiger partial charge in [-0.25, -0.2) is 0 Å². The molecule has 8 heteroatoms. The maximum atomic E-state index is 6.20. The molecule has 0 unspecified atom stereocenters. The van der Waals surface area contributed by atoms with Crippen LogP contribution in [0.1, 0.15) is 0 Å². The number of hydrogen-bond donors (Lipinski definition) is 2. The van der Waals surface area contributed by atoms with E-state index in [-0.39, 0.29) is 24.8 Å². The first-order chi connectivity index (χ1) is 8.08. The SMILES string of the molecule is CN(C)c1cc(Cl)c(NC2=NCCN2)c(Cl)c1.Cl.Cl. The van der Waals surface area contributed by atoms with Gasteiger partial charge >= 0.3 is 0 Å². The number of benzene rings is 1. The van der Waals surface area contributed by atoms with Gasteiger partial charge in [0.15, 0.2) is 5.96 Å². The maximum absolute atomic E-state index is 6.20. The van der Waals surface area contributed by atoms with E-state index >= 15 is 0 Å². The lowest BCUT2D eigenvalue weighted by atomic mass is 10.2. The molecule has 2 rings (SSSR count). The number of halogens is 4. The van der Waals surface area contributed by atoms with Crippen molar-refractivity contribution in [2.75, 3.05) is 37.4 Å². The fourth-order valence-corrected chi connectivity index (χ4v) is 2.11. The van der Waals surface area contributed by atoms with E-state index in [2.05, 4.69) is 15.6 Å². The maximum Gasteiger partial charge on any atom is 0.196 e. The van der Waals surface area contributed by atoms with Crippen LogP contribution in [0.25, 0.3) is 0 Å². The zero-order valence-corrected chi connectivity index (χ0v) is 13.7. The Morgan fingerprint density at radius 1 is 1.21 bits per heavy atom. The minimum atomic E-state index is 0. The monoisotopic (exact) mass is 344 g/mol. The molecule has 1 heterocycles. The van der Waals surface area contributed by atoms with E-state index in [1.807, 2.05) is 31.1 Å². The molecule has 2 N–H and O–H groups in total.